The number of primary amides is 1. The third-order valence-corrected chi connectivity index (χ3v) is 2.62. The highest BCUT2D eigenvalue weighted by Crippen LogP contribution is 2.22. The Morgan fingerprint density at radius 1 is 1.60 bits per heavy atom. The first-order chi connectivity index (χ1) is 6.73. The van der Waals surface area contributed by atoms with E-state index < -0.39 is 17.1 Å². The molecule has 1 amide bonds. The summed E-state index contributed by atoms with van der Waals surface area (Å²) < 4.78 is 0. The van der Waals surface area contributed by atoms with Crippen molar-refractivity contribution in [2.45, 2.75) is 37.9 Å². The molecule has 1 unspecified atom stereocenters. The Balaban J connectivity index is 2.60. The molecule has 0 aromatic rings. The molecular weight excluding hydrogens is 196 g/mol. The lowest BCUT2D eigenvalue weighted by molar-refractivity contribution is -0.143. The molecule has 4 N–H and O–H groups in total. The summed E-state index contributed by atoms with van der Waals surface area (Å²) in [6.45, 7) is 4.82. The molecule has 1 aliphatic heterocycles. The molecule has 0 spiro atoms. The van der Waals surface area contributed by atoms with Crippen molar-refractivity contribution in [3.63, 3.8) is 0 Å². The second kappa shape index (κ2) is 4.08. The molecule has 1 fully saturated rings. The smallest absolute Gasteiger partial charge is 0.250 e. The van der Waals surface area contributed by atoms with Crippen molar-refractivity contribution >= 4 is 5.91 Å². The van der Waals surface area contributed by atoms with Crippen LogP contribution in [0.5, 0.6) is 0 Å². The quantitative estimate of drug-likeness (QED) is 0.569. The maximum absolute atomic E-state index is 11.1. The number of nitrogens with two attached hydrogens (primary N) is 1. The van der Waals surface area contributed by atoms with Gasteiger partial charge < -0.3 is 15.9 Å². The molecule has 1 saturated heterocycles. The second-order valence-corrected chi connectivity index (χ2v) is 5.02. The maximum atomic E-state index is 11.1. The van der Waals surface area contributed by atoms with E-state index in [-0.39, 0.29) is 6.54 Å². The molecular formula is C10H20N2O3. The number of amides is 1. The van der Waals surface area contributed by atoms with Crippen LogP contribution in [-0.4, -0.2) is 51.9 Å². The van der Waals surface area contributed by atoms with Crippen molar-refractivity contribution in [2.24, 2.45) is 5.73 Å². The Kier molecular flexibility index (Phi) is 3.38. The molecule has 0 aromatic heterocycles. The van der Waals surface area contributed by atoms with Crippen LogP contribution >= 0.6 is 0 Å². The molecule has 15 heavy (non-hydrogen) atoms. The van der Waals surface area contributed by atoms with E-state index in [1.807, 2.05) is 4.90 Å². The first-order valence-electron chi connectivity index (χ1n) is 5.20. The van der Waals surface area contributed by atoms with Gasteiger partial charge in [-0.2, -0.15) is 0 Å². The maximum Gasteiger partial charge on any atom is 0.250 e. The fourth-order valence-corrected chi connectivity index (χ4v) is 2.01. The van der Waals surface area contributed by atoms with E-state index in [1.54, 1.807) is 13.8 Å². The van der Waals surface area contributed by atoms with Crippen LogP contribution in [0.4, 0.5) is 0 Å². The van der Waals surface area contributed by atoms with Crippen molar-refractivity contribution in [1.29, 1.82) is 0 Å². The van der Waals surface area contributed by atoms with Gasteiger partial charge in [0, 0.05) is 13.1 Å². The molecule has 1 heterocycles. The summed E-state index contributed by atoms with van der Waals surface area (Å²) in [5.74, 6) is -0.678. The second-order valence-electron chi connectivity index (χ2n) is 5.02. The molecule has 1 atom stereocenters. The molecule has 1 rings (SSSR count). The van der Waals surface area contributed by atoms with Crippen LogP contribution in [0.25, 0.3) is 0 Å². The molecule has 1 aliphatic rings. The van der Waals surface area contributed by atoms with Crippen molar-refractivity contribution in [3.05, 3.63) is 0 Å². The number of likely N-dealkylation sites (tertiary alicyclic amines) is 1. The van der Waals surface area contributed by atoms with Gasteiger partial charge in [0.2, 0.25) is 0 Å². The standard InChI is InChI=1S/C10H20N2O3/c1-9(2,14)6-12-5-3-4-10(15,7-12)8(11)13/h14-15H,3-7H2,1-2H3,(H2,11,13). The number of nitrogens with zero attached hydrogens (tertiary/aromatic N) is 1. The monoisotopic (exact) mass is 216 g/mol. The molecule has 0 bridgehead atoms. The minimum absolute atomic E-state index is 0.215. The van der Waals surface area contributed by atoms with Gasteiger partial charge in [-0.25, -0.2) is 0 Å². The SMILES string of the molecule is CC(C)(O)CN1CCCC(O)(C(N)=O)C1. The first-order valence-corrected chi connectivity index (χ1v) is 5.20. The van der Waals surface area contributed by atoms with E-state index in [9.17, 15) is 15.0 Å². The third-order valence-electron chi connectivity index (χ3n) is 2.62. The highest BCUT2D eigenvalue weighted by molar-refractivity contribution is 5.83. The number of rotatable bonds is 3. The lowest BCUT2D eigenvalue weighted by Crippen LogP contribution is -2.57. The number of hydrogen-bond donors (Lipinski definition) is 3. The molecule has 0 aliphatic carbocycles. The Bertz CT molecular complexity index is 250. The Hall–Kier alpha value is -0.650. The molecule has 0 saturated carbocycles. The minimum Gasteiger partial charge on any atom is -0.389 e. The highest BCUT2D eigenvalue weighted by atomic mass is 16.3. The van der Waals surface area contributed by atoms with Gasteiger partial charge in [-0.05, 0) is 33.2 Å². The van der Waals surface area contributed by atoms with Crippen molar-refractivity contribution in [1.82, 2.24) is 4.90 Å². The predicted octanol–water partition coefficient (Wildman–Crippen LogP) is -0.930. The number of β-amino-alcohol motifs (C(OH)–C–C–N with tert-alkyl or cyclic N) is 2. The summed E-state index contributed by atoms with van der Waals surface area (Å²) in [4.78, 5) is 12.9. The van der Waals surface area contributed by atoms with Crippen LogP contribution < -0.4 is 5.73 Å². The molecule has 88 valence electrons. The normalized spacial score (nSPS) is 29.1. The van der Waals surface area contributed by atoms with Crippen LogP contribution in [-0.2, 0) is 4.79 Å². The highest BCUT2D eigenvalue weighted by Gasteiger charge is 2.39. The van der Waals surface area contributed by atoms with Crippen LogP contribution in [0, 0.1) is 0 Å². The number of hydrogen-bond acceptors (Lipinski definition) is 4. The Morgan fingerprint density at radius 3 is 2.67 bits per heavy atom. The summed E-state index contributed by atoms with van der Waals surface area (Å²) in [5.41, 5.74) is 2.90. The zero-order valence-electron chi connectivity index (χ0n) is 9.36. The van der Waals surface area contributed by atoms with Gasteiger partial charge in [-0.3, -0.25) is 9.69 Å². The van der Waals surface area contributed by atoms with E-state index in [2.05, 4.69) is 0 Å². The summed E-state index contributed by atoms with van der Waals surface area (Å²) in [6.07, 6.45) is 1.13. The van der Waals surface area contributed by atoms with Crippen molar-refractivity contribution < 1.29 is 15.0 Å². The van der Waals surface area contributed by atoms with Crippen LogP contribution in [0.3, 0.4) is 0 Å². The van der Waals surface area contributed by atoms with Gasteiger partial charge in [-0.1, -0.05) is 0 Å². The van der Waals surface area contributed by atoms with E-state index in [1.165, 1.54) is 0 Å². The largest absolute Gasteiger partial charge is 0.389 e. The first kappa shape index (κ1) is 12.4. The van der Waals surface area contributed by atoms with E-state index in [0.29, 0.717) is 13.0 Å². The molecule has 0 aromatic carbocycles. The lowest BCUT2D eigenvalue weighted by Gasteiger charge is -2.39. The van der Waals surface area contributed by atoms with E-state index >= 15 is 0 Å². The van der Waals surface area contributed by atoms with Crippen molar-refractivity contribution in [3.8, 4) is 0 Å². The molecule has 0 radical (unpaired) electrons. The summed E-state index contributed by atoms with van der Waals surface area (Å²) in [6, 6.07) is 0. The van der Waals surface area contributed by atoms with E-state index in [4.69, 9.17) is 5.73 Å². The molecule has 5 nitrogen and oxygen atoms in total. The third kappa shape index (κ3) is 3.44. The van der Waals surface area contributed by atoms with Gasteiger partial charge in [0.25, 0.3) is 5.91 Å². The lowest BCUT2D eigenvalue weighted by atomic mass is 9.91. The van der Waals surface area contributed by atoms with Gasteiger partial charge in [0.1, 0.15) is 0 Å². The fraction of sp³-hybridized carbons (Fsp3) is 0.900. The number of aliphatic hydroxyl groups is 2. The van der Waals surface area contributed by atoms with Crippen LogP contribution in [0.1, 0.15) is 26.7 Å². The van der Waals surface area contributed by atoms with Gasteiger partial charge in [0.15, 0.2) is 5.60 Å². The van der Waals surface area contributed by atoms with Crippen LogP contribution in [0.2, 0.25) is 0 Å². The number of carbonyl (C=O) groups is 1. The molecule has 5 heteroatoms. The Morgan fingerprint density at radius 2 is 2.20 bits per heavy atom. The van der Waals surface area contributed by atoms with Crippen LogP contribution in [0.15, 0.2) is 0 Å². The predicted molar refractivity (Wildman–Crippen MR) is 56.1 cm³/mol. The van der Waals surface area contributed by atoms with Gasteiger partial charge in [-0.15, -0.1) is 0 Å². The van der Waals surface area contributed by atoms with Gasteiger partial charge in [0.05, 0.1) is 5.60 Å². The summed E-state index contributed by atoms with van der Waals surface area (Å²) >= 11 is 0. The minimum atomic E-state index is -1.43. The Labute approximate surface area is 89.9 Å². The van der Waals surface area contributed by atoms with Gasteiger partial charge >= 0.3 is 0 Å². The average Bonchev–Trinajstić information content (AvgIpc) is 2.00. The topological polar surface area (TPSA) is 86.8 Å². The number of carbonyl (C=O) groups excluding carboxylic acids is 1. The zero-order valence-corrected chi connectivity index (χ0v) is 9.36. The number of piperidine rings is 1. The van der Waals surface area contributed by atoms with Crippen molar-refractivity contribution in [2.75, 3.05) is 19.6 Å². The summed E-state index contributed by atoms with van der Waals surface area (Å²) in [7, 11) is 0. The zero-order chi connectivity index (χ0) is 11.7. The fourth-order valence-electron chi connectivity index (χ4n) is 2.01. The summed E-state index contributed by atoms with van der Waals surface area (Å²) in [5, 5.41) is 19.6. The van der Waals surface area contributed by atoms with E-state index in [0.717, 1.165) is 13.0 Å². The average molecular weight is 216 g/mol.